The minimum atomic E-state index is -5.02. The molecule has 2 aromatic carbocycles. The summed E-state index contributed by atoms with van der Waals surface area (Å²) in [5.74, 6) is -1.87. The lowest BCUT2D eigenvalue weighted by Gasteiger charge is -2.17. The average Bonchev–Trinajstić information content (AvgIpc) is 2.53. The SMILES string of the molecule is CC(=O)Nc1cccc(C(C)NS(=O)(=O)c2ccc(F)c(C(F)(F)F)c2)c1. The maximum absolute atomic E-state index is 13.4. The predicted octanol–water partition coefficient (Wildman–Crippen LogP) is 3.84. The van der Waals surface area contributed by atoms with E-state index in [1.165, 1.54) is 19.9 Å². The monoisotopic (exact) mass is 404 g/mol. The first-order valence-electron chi connectivity index (χ1n) is 7.67. The van der Waals surface area contributed by atoms with Gasteiger partial charge < -0.3 is 5.32 Å². The fraction of sp³-hybridized carbons (Fsp3) is 0.235. The summed E-state index contributed by atoms with van der Waals surface area (Å²) in [6, 6.07) is 6.95. The molecule has 2 aromatic rings. The van der Waals surface area contributed by atoms with E-state index in [9.17, 15) is 30.8 Å². The number of sulfonamides is 1. The molecule has 1 amide bonds. The summed E-state index contributed by atoms with van der Waals surface area (Å²) in [6.07, 6.45) is -5.02. The van der Waals surface area contributed by atoms with E-state index in [-0.39, 0.29) is 12.0 Å². The van der Waals surface area contributed by atoms with E-state index in [4.69, 9.17) is 0 Å². The number of halogens is 4. The maximum Gasteiger partial charge on any atom is 0.419 e. The van der Waals surface area contributed by atoms with Crippen LogP contribution in [0.2, 0.25) is 0 Å². The summed E-state index contributed by atoms with van der Waals surface area (Å²) in [6.45, 7) is 2.80. The molecule has 146 valence electrons. The normalized spacial score (nSPS) is 13.3. The Morgan fingerprint density at radius 3 is 2.37 bits per heavy atom. The molecule has 1 atom stereocenters. The van der Waals surface area contributed by atoms with Crippen LogP contribution in [0, 0.1) is 5.82 Å². The molecule has 0 spiro atoms. The summed E-state index contributed by atoms with van der Waals surface area (Å²) in [5, 5.41) is 2.54. The molecule has 0 saturated carbocycles. The molecule has 0 aliphatic rings. The second kappa shape index (κ2) is 7.65. The van der Waals surface area contributed by atoms with Crippen LogP contribution in [0.15, 0.2) is 47.4 Å². The molecule has 0 radical (unpaired) electrons. The minimum Gasteiger partial charge on any atom is -0.326 e. The van der Waals surface area contributed by atoms with Gasteiger partial charge in [-0.2, -0.15) is 13.2 Å². The van der Waals surface area contributed by atoms with Crippen LogP contribution >= 0.6 is 0 Å². The molecule has 1 unspecified atom stereocenters. The third-order valence-electron chi connectivity index (χ3n) is 3.59. The Hall–Kier alpha value is -2.46. The van der Waals surface area contributed by atoms with E-state index >= 15 is 0 Å². The van der Waals surface area contributed by atoms with Gasteiger partial charge in [-0.05, 0) is 42.8 Å². The molecule has 0 aliphatic carbocycles. The number of rotatable bonds is 5. The van der Waals surface area contributed by atoms with Gasteiger partial charge >= 0.3 is 6.18 Å². The molecule has 0 heterocycles. The van der Waals surface area contributed by atoms with Crippen LogP contribution in [0.25, 0.3) is 0 Å². The highest BCUT2D eigenvalue weighted by Gasteiger charge is 2.35. The largest absolute Gasteiger partial charge is 0.419 e. The summed E-state index contributed by atoms with van der Waals surface area (Å²) in [4.78, 5) is 10.4. The number of benzene rings is 2. The molecular weight excluding hydrogens is 388 g/mol. The van der Waals surface area contributed by atoms with E-state index < -0.39 is 38.5 Å². The van der Waals surface area contributed by atoms with Crippen LogP contribution in [0.5, 0.6) is 0 Å². The molecule has 10 heteroatoms. The van der Waals surface area contributed by atoms with E-state index in [0.717, 1.165) is 6.07 Å². The van der Waals surface area contributed by atoms with Gasteiger partial charge in [0, 0.05) is 18.7 Å². The highest BCUT2D eigenvalue weighted by Crippen LogP contribution is 2.33. The predicted molar refractivity (Wildman–Crippen MR) is 90.9 cm³/mol. The molecule has 0 aromatic heterocycles. The van der Waals surface area contributed by atoms with Crippen LogP contribution < -0.4 is 10.0 Å². The van der Waals surface area contributed by atoms with Gasteiger partial charge in [-0.25, -0.2) is 17.5 Å². The number of carbonyl (C=O) groups excluding carboxylic acids is 1. The van der Waals surface area contributed by atoms with Crippen molar-refractivity contribution >= 4 is 21.6 Å². The van der Waals surface area contributed by atoms with Gasteiger partial charge in [0.15, 0.2) is 0 Å². The highest BCUT2D eigenvalue weighted by molar-refractivity contribution is 7.89. The maximum atomic E-state index is 13.4. The smallest absolute Gasteiger partial charge is 0.326 e. The third-order valence-corrected chi connectivity index (χ3v) is 5.13. The zero-order chi connectivity index (χ0) is 20.4. The number of amides is 1. The van der Waals surface area contributed by atoms with E-state index in [1.807, 2.05) is 0 Å². The van der Waals surface area contributed by atoms with E-state index in [0.29, 0.717) is 17.3 Å². The first kappa shape index (κ1) is 20.8. The molecule has 5 nitrogen and oxygen atoms in total. The van der Waals surface area contributed by atoms with Crippen LogP contribution in [0.1, 0.15) is 31.0 Å². The molecule has 27 heavy (non-hydrogen) atoms. The number of anilines is 1. The van der Waals surface area contributed by atoms with Crippen molar-refractivity contribution in [1.29, 1.82) is 0 Å². The summed E-state index contributed by atoms with van der Waals surface area (Å²) < 4.78 is 78.8. The van der Waals surface area contributed by atoms with Crippen molar-refractivity contribution in [3.05, 3.63) is 59.4 Å². The summed E-state index contributed by atoms with van der Waals surface area (Å²) >= 11 is 0. The van der Waals surface area contributed by atoms with Crippen LogP contribution in [0.3, 0.4) is 0 Å². The molecule has 0 saturated heterocycles. The van der Waals surface area contributed by atoms with E-state index in [1.54, 1.807) is 18.2 Å². The van der Waals surface area contributed by atoms with Gasteiger partial charge in [0.1, 0.15) is 5.82 Å². The average molecular weight is 404 g/mol. The second-order valence-electron chi connectivity index (χ2n) is 5.79. The molecule has 0 bridgehead atoms. The lowest BCUT2D eigenvalue weighted by molar-refractivity contribution is -0.140. The van der Waals surface area contributed by atoms with Crippen molar-refractivity contribution < 1.29 is 30.8 Å². The fourth-order valence-electron chi connectivity index (χ4n) is 2.35. The summed E-state index contributed by atoms with van der Waals surface area (Å²) in [7, 11) is -4.35. The molecule has 0 aliphatic heterocycles. The standard InChI is InChI=1S/C17H16F4N2O3S/c1-10(12-4-3-5-13(8-12)22-11(2)24)23-27(25,26)14-6-7-16(18)15(9-14)17(19,20)21/h3-10,23H,1-2H3,(H,22,24). The van der Waals surface area contributed by atoms with Gasteiger partial charge in [-0.3, -0.25) is 4.79 Å². The lowest BCUT2D eigenvalue weighted by atomic mass is 10.1. The van der Waals surface area contributed by atoms with Gasteiger partial charge in [-0.1, -0.05) is 12.1 Å². The Labute approximate surface area is 153 Å². The first-order chi connectivity index (χ1) is 12.4. The first-order valence-corrected chi connectivity index (χ1v) is 9.15. The number of hydrogen-bond acceptors (Lipinski definition) is 3. The molecule has 0 fully saturated rings. The van der Waals surface area contributed by atoms with Crippen LogP contribution in [0.4, 0.5) is 23.2 Å². The van der Waals surface area contributed by atoms with Gasteiger partial charge in [0.2, 0.25) is 15.9 Å². The minimum absolute atomic E-state index is 0.248. The number of alkyl halides is 3. The zero-order valence-corrected chi connectivity index (χ0v) is 15.1. The van der Waals surface area contributed by atoms with Gasteiger partial charge in [0.05, 0.1) is 10.5 Å². The van der Waals surface area contributed by atoms with E-state index in [2.05, 4.69) is 10.0 Å². The van der Waals surface area contributed by atoms with Crippen molar-refractivity contribution in [3.8, 4) is 0 Å². The Balaban J connectivity index is 2.30. The molecule has 2 rings (SSSR count). The van der Waals surface area contributed by atoms with Crippen molar-refractivity contribution in [2.45, 2.75) is 31.0 Å². The summed E-state index contributed by atoms with van der Waals surface area (Å²) in [5.41, 5.74) is -0.749. The third kappa shape index (κ3) is 5.27. The zero-order valence-electron chi connectivity index (χ0n) is 14.3. The van der Waals surface area contributed by atoms with Gasteiger partial charge in [-0.15, -0.1) is 0 Å². The number of carbonyl (C=O) groups is 1. The molecular formula is C17H16F4N2O3S. The second-order valence-corrected chi connectivity index (χ2v) is 7.50. The Morgan fingerprint density at radius 2 is 1.78 bits per heavy atom. The Bertz CT molecular complexity index is 959. The highest BCUT2D eigenvalue weighted by atomic mass is 32.2. The Morgan fingerprint density at radius 1 is 1.11 bits per heavy atom. The lowest BCUT2D eigenvalue weighted by Crippen LogP contribution is -2.27. The van der Waals surface area contributed by atoms with Crippen molar-refractivity contribution in [1.82, 2.24) is 4.72 Å². The van der Waals surface area contributed by atoms with Gasteiger partial charge in [0.25, 0.3) is 0 Å². The van der Waals surface area contributed by atoms with Crippen LogP contribution in [-0.4, -0.2) is 14.3 Å². The Kier molecular flexibility index (Phi) is 5.91. The number of nitrogens with one attached hydrogen (secondary N) is 2. The van der Waals surface area contributed by atoms with Crippen molar-refractivity contribution in [3.63, 3.8) is 0 Å². The molecule has 2 N–H and O–H groups in total. The van der Waals surface area contributed by atoms with Crippen molar-refractivity contribution in [2.75, 3.05) is 5.32 Å². The number of hydrogen-bond donors (Lipinski definition) is 2. The topological polar surface area (TPSA) is 75.3 Å². The van der Waals surface area contributed by atoms with Crippen LogP contribution in [-0.2, 0) is 21.0 Å². The fourth-order valence-corrected chi connectivity index (χ4v) is 3.60. The van der Waals surface area contributed by atoms with Crippen molar-refractivity contribution in [2.24, 2.45) is 0 Å². The quantitative estimate of drug-likeness (QED) is 0.744.